The van der Waals surface area contributed by atoms with Gasteiger partial charge in [0.1, 0.15) is 11.7 Å². The zero-order valence-electron chi connectivity index (χ0n) is 12.2. The van der Waals surface area contributed by atoms with Crippen LogP contribution < -0.4 is 5.32 Å². The minimum atomic E-state index is -0.0530. The topological polar surface area (TPSA) is 73.4 Å². The quantitative estimate of drug-likeness (QED) is 0.898. The van der Waals surface area contributed by atoms with E-state index in [2.05, 4.69) is 15.2 Å². The first-order chi connectivity index (χ1) is 10.7. The lowest BCUT2D eigenvalue weighted by atomic mass is 9.84. The Kier molecular flexibility index (Phi) is 3.09. The third kappa shape index (κ3) is 2.24. The van der Waals surface area contributed by atoms with Crippen molar-refractivity contribution in [1.29, 1.82) is 5.26 Å². The Bertz CT molecular complexity index is 766. The summed E-state index contributed by atoms with van der Waals surface area (Å²) in [5, 5.41) is 12.1. The Labute approximate surface area is 128 Å². The third-order valence-corrected chi connectivity index (χ3v) is 4.81. The number of pyridine rings is 1. The normalized spacial score (nSPS) is 26.8. The van der Waals surface area contributed by atoms with E-state index in [4.69, 9.17) is 5.26 Å². The molecule has 0 radical (unpaired) electrons. The van der Waals surface area contributed by atoms with Gasteiger partial charge in [-0.25, -0.2) is 4.98 Å². The number of fused-ring (bicyclic) bond motifs is 4. The average molecular weight is 295 g/mol. The molecule has 6 nitrogen and oxygen atoms in total. The summed E-state index contributed by atoms with van der Waals surface area (Å²) < 4.78 is 1.75. The van der Waals surface area contributed by atoms with E-state index in [1.54, 1.807) is 28.9 Å². The van der Waals surface area contributed by atoms with Gasteiger partial charge < -0.3 is 14.6 Å². The monoisotopic (exact) mass is 295 g/mol. The van der Waals surface area contributed by atoms with Crippen LogP contribution in [0, 0.1) is 17.2 Å². The minimum Gasteiger partial charge on any atom is -0.348 e. The number of nitrogens with zero attached hydrogens (tertiary/aromatic N) is 4. The van der Waals surface area contributed by atoms with E-state index in [9.17, 15) is 4.79 Å². The summed E-state index contributed by atoms with van der Waals surface area (Å²) in [5.74, 6) is 0.553. The van der Waals surface area contributed by atoms with Crippen LogP contribution in [0.1, 0.15) is 28.9 Å². The van der Waals surface area contributed by atoms with Gasteiger partial charge in [-0.1, -0.05) is 0 Å². The van der Waals surface area contributed by atoms with Gasteiger partial charge >= 0.3 is 0 Å². The first-order valence-electron chi connectivity index (χ1n) is 7.65. The van der Waals surface area contributed by atoms with Crippen molar-refractivity contribution in [3.63, 3.8) is 0 Å². The number of amides is 1. The van der Waals surface area contributed by atoms with E-state index >= 15 is 0 Å². The number of nitriles is 1. The second-order valence-corrected chi connectivity index (χ2v) is 6.14. The van der Waals surface area contributed by atoms with E-state index in [1.807, 2.05) is 6.07 Å². The van der Waals surface area contributed by atoms with Crippen LogP contribution in [0.4, 0.5) is 0 Å². The molecule has 5 heterocycles. The molecule has 1 amide bonds. The van der Waals surface area contributed by atoms with Gasteiger partial charge in [-0.2, -0.15) is 5.26 Å². The second-order valence-electron chi connectivity index (χ2n) is 6.14. The predicted molar refractivity (Wildman–Crippen MR) is 80.3 cm³/mol. The second kappa shape index (κ2) is 5.11. The van der Waals surface area contributed by atoms with Crippen molar-refractivity contribution in [2.24, 2.45) is 5.92 Å². The molecule has 0 saturated carbocycles. The van der Waals surface area contributed by atoms with Gasteiger partial charge in [-0.05, 0) is 44.0 Å². The first-order valence-corrected chi connectivity index (χ1v) is 7.65. The van der Waals surface area contributed by atoms with Gasteiger partial charge in [0.05, 0.1) is 0 Å². The van der Waals surface area contributed by atoms with Crippen molar-refractivity contribution in [3.05, 3.63) is 35.8 Å². The Morgan fingerprint density at radius 1 is 1.41 bits per heavy atom. The van der Waals surface area contributed by atoms with Gasteiger partial charge in [-0.3, -0.25) is 4.79 Å². The van der Waals surface area contributed by atoms with Crippen molar-refractivity contribution in [2.45, 2.75) is 18.9 Å². The molecule has 2 aromatic rings. The van der Waals surface area contributed by atoms with Gasteiger partial charge in [0.15, 0.2) is 5.69 Å². The molecular formula is C16H17N5O. The van der Waals surface area contributed by atoms with Gasteiger partial charge in [0.2, 0.25) is 0 Å². The fourth-order valence-corrected chi connectivity index (χ4v) is 3.56. The van der Waals surface area contributed by atoms with Crippen LogP contribution in [-0.4, -0.2) is 45.9 Å². The zero-order valence-corrected chi connectivity index (χ0v) is 12.2. The maximum Gasteiger partial charge on any atom is 0.251 e. The molecule has 22 heavy (non-hydrogen) atoms. The van der Waals surface area contributed by atoms with E-state index in [0.717, 1.165) is 19.6 Å². The van der Waals surface area contributed by atoms with Crippen molar-refractivity contribution in [2.75, 3.05) is 19.6 Å². The molecule has 6 heteroatoms. The number of piperidine rings is 3. The minimum absolute atomic E-state index is 0.0530. The number of rotatable bonds is 2. The van der Waals surface area contributed by atoms with E-state index in [1.165, 1.54) is 12.8 Å². The maximum atomic E-state index is 12.5. The molecular weight excluding hydrogens is 278 g/mol. The van der Waals surface area contributed by atoms with Gasteiger partial charge in [0, 0.05) is 30.5 Å². The fourth-order valence-electron chi connectivity index (χ4n) is 3.56. The number of carbonyl (C=O) groups is 1. The molecule has 1 N–H and O–H groups in total. The van der Waals surface area contributed by atoms with Crippen LogP contribution in [0.15, 0.2) is 24.5 Å². The van der Waals surface area contributed by atoms with Gasteiger partial charge in [-0.15, -0.1) is 0 Å². The Morgan fingerprint density at radius 3 is 2.91 bits per heavy atom. The van der Waals surface area contributed by atoms with E-state index in [-0.39, 0.29) is 11.9 Å². The lowest BCUT2D eigenvalue weighted by Gasteiger charge is -2.44. The number of aromatic nitrogens is 2. The highest BCUT2D eigenvalue weighted by molar-refractivity contribution is 5.95. The summed E-state index contributed by atoms with van der Waals surface area (Å²) in [5.41, 5.74) is 1.58. The molecule has 0 aliphatic carbocycles. The Hall–Kier alpha value is -2.39. The summed E-state index contributed by atoms with van der Waals surface area (Å²) in [6.07, 6.45) is 5.78. The average Bonchev–Trinajstić information content (AvgIpc) is 2.98. The summed E-state index contributed by atoms with van der Waals surface area (Å²) >= 11 is 0. The third-order valence-electron chi connectivity index (χ3n) is 4.81. The summed E-state index contributed by atoms with van der Waals surface area (Å²) in [4.78, 5) is 19.1. The number of imidazole rings is 1. The van der Waals surface area contributed by atoms with Crippen molar-refractivity contribution in [3.8, 4) is 6.07 Å². The molecule has 1 atom stereocenters. The van der Waals surface area contributed by atoms with E-state index in [0.29, 0.717) is 22.8 Å². The maximum absolute atomic E-state index is 12.5. The lowest BCUT2D eigenvalue weighted by Crippen LogP contribution is -2.57. The lowest BCUT2D eigenvalue weighted by molar-refractivity contribution is 0.0620. The van der Waals surface area contributed by atoms with E-state index < -0.39 is 0 Å². The summed E-state index contributed by atoms with van der Waals surface area (Å²) in [6, 6.07) is 5.77. The molecule has 0 spiro atoms. The van der Waals surface area contributed by atoms with Crippen LogP contribution in [0.3, 0.4) is 0 Å². The van der Waals surface area contributed by atoms with Crippen molar-refractivity contribution >= 4 is 11.6 Å². The summed E-state index contributed by atoms with van der Waals surface area (Å²) in [7, 11) is 0. The van der Waals surface area contributed by atoms with Crippen LogP contribution in [0.2, 0.25) is 0 Å². The number of hydrogen-bond acceptors (Lipinski definition) is 4. The number of carbonyl (C=O) groups excluding carboxylic acids is 1. The number of hydrogen-bond donors (Lipinski definition) is 1. The fraction of sp³-hybridized carbons (Fsp3) is 0.438. The molecule has 3 saturated heterocycles. The molecule has 0 unspecified atom stereocenters. The predicted octanol–water partition coefficient (Wildman–Crippen LogP) is 1.03. The van der Waals surface area contributed by atoms with Crippen molar-refractivity contribution in [1.82, 2.24) is 19.6 Å². The molecule has 112 valence electrons. The summed E-state index contributed by atoms with van der Waals surface area (Å²) in [6.45, 7) is 3.28. The number of nitrogens with one attached hydrogen (secondary N) is 1. The SMILES string of the molecule is N#Cc1cn2ccc(C(=O)N[C@H]3CN4CCC3CC4)cc2n1. The molecule has 3 aliphatic rings. The van der Waals surface area contributed by atoms with Crippen LogP contribution in [0.25, 0.3) is 5.65 Å². The first kappa shape index (κ1) is 13.3. The highest BCUT2D eigenvalue weighted by atomic mass is 16.1. The molecule has 2 bridgehead atoms. The zero-order chi connectivity index (χ0) is 15.1. The molecule has 2 aromatic heterocycles. The molecule has 5 rings (SSSR count). The van der Waals surface area contributed by atoms with Gasteiger partial charge in [0.25, 0.3) is 5.91 Å². The smallest absolute Gasteiger partial charge is 0.251 e. The Morgan fingerprint density at radius 2 is 2.23 bits per heavy atom. The standard InChI is InChI=1S/C16H17N5O/c17-8-13-9-21-6-3-12(7-15(21)18-13)16(22)19-14-10-20-4-1-11(14)2-5-20/h3,6-7,9,11,14H,1-2,4-5,10H2,(H,19,22)/t14-/m0/s1. The van der Waals surface area contributed by atoms with Crippen LogP contribution in [-0.2, 0) is 0 Å². The Balaban J connectivity index is 1.54. The van der Waals surface area contributed by atoms with Crippen LogP contribution in [0.5, 0.6) is 0 Å². The highest BCUT2D eigenvalue weighted by Gasteiger charge is 2.34. The molecule has 0 aromatic carbocycles. The largest absolute Gasteiger partial charge is 0.348 e. The highest BCUT2D eigenvalue weighted by Crippen LogP contribution is 2.27. The molecule has 3 fully saturated rings. The molecule has 3 aliphatic heterocycles. The van der Waals surface area contributed by atoms with Crippen LogP contribution >= 0.6 is 0 Å². The van der Waals surface area contributed by atoms with Crippen molar-refractivity contribution < 1.29 is 4.79 Å².